The average Bonchev–Trinajstić information content (AvgIpc) is 2.87. The molecule has 0 saturated heterocycles. The van der Waals surface area contributed by atoms with Crippen molar-refractivity contribution in [1.29, 1.82) is 0 Å². The third kappa shape index (κ3) is 12.7. The number of aliphatic imine (C=N–C) groups is 1. The molecule has 0 aromatic heterocycles. The van der Waals surface area contributed by atoms with E-state index in [1.54, 1.807) is 37.7 Å². The van der Waals surface area contributed by atoms with Crippen LogP contribution >= 0.6 is 11.8 Å². The maximum absolute atomic E-state index is 13.3. The maximum Gasteiger partial charge on any atom is 0.326 e. The van der Waals surface area contributed by atoms with Gasteiger partial charge in [0.05, 0.1) is 6.04 Å². The van der Waals surface area contributed by atoms with E-state index in [1.807, 2.05) is 6.26 Å². The average molecular weight is 568 g/mol. The van der Waals surface area contributed by atoms with E-state index in [9.17, 15) is 29.4 Å². The molecule has 14 heteroatoms. The SMILES string of the molecule is CSCCC(N)C(=O)NC(C(=O)NC(Cc1ccc(O)cc1)C(=O)NC(CCCN=C(N)N)C(=O)O)C(C)C. The number of nitrogens with zero attached hydrogens (tertiary/aromatic N) is 1. The Labute approximate surface area is 232 Å². The number of benzene rings is 1. The fourth-order valence-corrected chi connectivity index (χ4v) is 4.03. The summed E-state index contributed by atoms with van der Waals surface area (Å²) in [4.78, 5) is 54.7. The lowest BCUT2D eigenvalue weighted by atomic mass is 10.00. The van der Waals surface area contributed by atoms with Crippen molar-refractivity contribution in [1.82, 2.24) is 16.0 Å². The summed E-state index contributed by atoms with van der Waals surface area (Å²) >= 11 is 1.55. The second kappa shape index (κ2) is 17.1. The van der Waals surface area contributed by atoms with Crippen molar-refractivity contribution in [2.75, 3.05) is 18.6 Å². The molecule has 0 fully saturated rings. The van der Waals surface area contributed by atoms with Crippen LogP contribution in [0.3, 0.4) is 0 Å². The van der Waals surface area contributed by atoms with Crippen LogP contribution in [-0.4, -0.2) is 82.6 Å². The Balaban J connectivity index is 3.08. The first-order chi connectivity index (χ1) is 18.3. The van der Waals surface area contributed by atoms with E-state index in [-0.39, 0.29) is 37.0 Å². The smallest absolute Gasteiger partial charge is 0.326 e. The van der Waals surface area contributed by atoms with Crippen LogP contribution in [0.5, 0.6) is 5.75 Å². The Bertz CT molecular complexity index is 986. The highest BCUT2D eigenvalue weighted by molar-refractivity contribution is 7.98. The predicted octanol–water partition coefficient (Wildman–Crippen LogP) is -0.736. The molecule has 11 N–H and O–H groups in total. The normalized spacial score (nSPS) is 14.0. The zero-order valence-electron chi connectivity index (χ0n) is 22.6. The second-order valence-corrected chi connectivity index (χ2v) is 10.4. The van der Waals surface area contributed by atoms with Gasteiger partial charge in [0, 0.05) is 13.0 Å². The molecule has 0 aliphatic rings. The number of amides is 3. The van der Waals surface area contributed by atoms with Gasteiger partial charge in [-0.3, -0.25) is 19.4 Å². The molecular formula is C25H41N7O6S. The summed E-state index contributed by atoms with van der Waals surface area (Å²) < 4.78 is 0. The van der Waals surface area contributed by atoms with Crippen molar-refractivity contribution in [2.45, 2.75) is 63.7 Å². The Morgan fingerprint density at radius 3 is 2.10 bits per heavy atom. The van der Waals surface area contributed by atoms with Gasteiger partial charge >= 0.3 is 5.97 Å². The topological polar surface area (TPSA) is 235 Å². The van der Waals surface area contributed by atoms with E-state index >= 15 is 0 Å². The van der Waals surface area contributed by atoms with Crippen LogP contribution in [0, 0.1) is 5.92 Å². The first-order valence-corrected chi connectivity index (χ1v) is 14.0. The van der Waals surface area contributed by atoms with Gasteiger partial charge in [-0.15, -0.1) is 0 Å². The van der Waals surface area contributed by atoms with Crippen LogP contribution in [-0.2, 0) is 25.6 Å². The molecule has 218 valence electrons. The number of nitrogens with two attached hydrogens (primary N) is 3. The number of guanidine groups is 1. The third-order valence-corrected chi connectivity index (χ3v) is 6.43. The fourth-order valence-electron chi connectivity index (χ4n) is 3.54. The van der Waals surface area contributed by atoms with Crippen molar-refractivity contribution >= 4 is 41.4 Å². The van der Waals surface area contributed by atoms with E-state index in [0.717, 1.165) is 0 Å². The summed E-state index contributed by atoms with van der Waals surface area (Å²) in [6, 6.07) is 1.83. The number of rotatable bonds is 17. The van der Waals surface area contributed by atoms with E-state index in [1.165, 1.54) is 12.1 Å². The van der Waals surface area contributed by atoms with Crippen LogP contribution in [0.15, 0.2) is 29.3 Å². The number of carbonyl (C=O) groups is 4. The summed E-state index contributed by atoms with van der Waals surface area (Å²) in [6.45, 7) is 3.67. The monoisotopic (exact) mass is 567 g/mol. The van der Waals surface area contributed by atoms with E-state index < -0.39 is 47.9 Å². The summed E-state index contributed by atoms with van der Waals surface area (Å²) in [7, 11) is 0. The summed E-state index contributed by atoms with van der Waals surface area (Å²) in [5.41, 5.74) is 17.1. The lowest BCUT2D eigenvalue weighted by molar-refractivity contribution is -0.142. The fraction of sp³-hybridized carbons (Fsp3) is 0.560. The molecule has 0 aliphatic heterocycles. The molecule has 0 saturated carbocycles. The van der Waals surface area contributed by atoms with Gasteiger partial charge < -0.3 is 43.4 Å². The molecule has 3 amide bonds. The highest BCUT2D eigenvalue weighted by atomic mass is 32.2. The first-order valence-electron chi connectivity index (χ1n) is 12.6. The van der Waals surface area contributed by atoms with Gasteiger partial charge in [0.2, 0.25) is 17.7 Å². The van der Waals surface area contributed by atoms with Crippen LogP contribution in [0.2, 0.25) is 0 Å². The molecule has 0 aliphatic carbocycles. The third-order valence-electron chi connectivity index (χ3n) is 5.79. The van der Waals surface area contributed by atoms with E-state index in [4.69, 9.17) is 17.2 Å². The Hall–Kier alpha value is -3.52. The van der Waals surface area contributed by atoms with E-state index in [2.05, 4.69) is 20.9 Å². The zero-order valence-corrected chi connectivity index (χ0v) is 23.4. The largest absolute Gasteiger partial charge is 0.508 e. The number of phenols is 1. The van der Waals surface area contributed by atoms with Crippen LogP contribution in [0.1, 0.15) is 38.7 Å². The van der Waals surface area contributed by atoms with Gasteiger partial charge in [-0.1, -0.05) is 26.0 Å². The Kier molecular flexibility index (Phi) is 14.7. The minimum Gasteiger partial charge on any atom is -0.508 e. The number of carbonyl (C=O) groups excluding carboxylic acids is 3. The number of aromatic hydroxyl groups is 1. The molecule has 0 radical (unpaired) electrons. The predicted molar refractivity (Wildman–Crippen MR) is 151 cm³/mol. The lowest BCUT2D eigenvalue weighted by Gasteiger charge is -2.27. The van der Waals surface area contributed by atoms with Gasteiger partial charge in [0.1, 0.15) is 23.9 Å². The molecule has 1 aromatic carbocycles. The Morgan fingerprint density at radius 2 is 1.56 bits per heavy atom. The summed E-state index contributed by atoms with van der Waals surface area (Å²) in [6.07, 6.45) is 2.68. The number of phenolic OH excluding ortho intramolecular Hbond substituents is 1. The molecule has 13 nitrogen and oxygen atoms in total. The number of hydrogen-bond acceptors (Lipinski definition) is 8. The molecule has 1 rings (SSSR count). The minimum atomic E-state index is -1.26. The van der Waals surface area contributed by atoms with Crippen molar-refractivity contribution in [3.8, 4) is 5.75 Å². The number of hydrogen-bond donors (Lipinski definition) is 8. The highest BCUT2D eigenvalue weighted by Gasteiger charge is 2.31. The molecule has 4 unspecified atom stereocenters. The van der Waals surface area contributed by atoms with Gasteiger partial charge in [0.15, 0.2) is 5.96 Å². The minimum absolute atomic E-state index is 0.00416. The molecule has 4 atom stereocenters. The van der Waals surface area contributed by atoms with Crippen molar-refractivity contribution in [3.05, 3.63) is 29.8 Å². The lowest BCUT2D eigenvalue weighted by Crippen LogP contribution is -2.58. The highest BCUT2D eigenvalue weighted by Crippen LogP contribution is 2.13. The second-order valence-electron chi connectivity index (χ2n) is 9.40. The van der Waals surface area contributed by atoms with Gasteiger partial charge in [-0.25, -0.2) is 4.79 Å². The first kappa shape index (κ1) is 33.5. The number of thioether (sulfide) groups is 1. The molecule has 0 spiro atoms. The molecule has 1 aromatic rings. The maximum atomic E-state index is 13.3. The van der Waals surface area contributed by atoms with Crippen molar-refractivity contribution in [3.63, 3.8) is 0 Å². The van der Waals surface area contributed by atoms with Crippen molar-refractivity contribution < 1.29 is 29.4 Å². The number of nitrogens with one attached hydrogen (secondary N) is 3. The van der Waals surface area contributed by atoms with Crippen LogP contribution < -0.4 is 33.2 Å². The van der Waals surface area contributed by atoms with Crippen molar-refractivity contribution in [2.24, 2.45) is 28.1 Å². The summed E-state index contributed by atoms with van der Waals surface area (Å²) in [5, 5.41) is 27.0. The summed E-state index contributed by atoms with van der Waals surface area (Å²) in [5.74, 6) is -2.83. The van der Waals surface area contributed by atoms with Gasteiger partial charge in [-0.2, -0.15) is 11.8 Å². The van der Waals surface area contributed by atoms with E-state index in [0.29, 0.717) is 24.2 Å². The molecule has 39 heavy (non-hydrogen) atoms. The zero-order chi connectivity index (χ0) is 29.5. The number of aliphatic carboxylic acids is 1. The van der Waals surface area contributed by atoms with Crippen LogP contribution in [0.4, 0.5) is 0 Å². The molecular weight excluding hydrogens is 526 g/mol. The van der Waals surface area contributed by atoms with Gasteiger partial charge in [-0.05, 0) is 54.9 Å². The number of carboxylic acid groups (broad SMARTS) is 1. The van der Waals surface area contributed by atoms with Crippen LogP contribution in [0.25, 0.3) is 0 Å². The molecule has 0 bridgehead atoms. The standard InChI is InChI=1S/C25H41N7O6S/c1-14(2)20(32-21(34)17(26)10-12-39-3)23(36)31-19(13-15-6-8-16(33)9-7-15)22(35)30-18(24(37)38)5-4-11-29-25(27)28/h6-9,14,17-20,33H,4-5,10-13,26H2,1-3H3,(H,30,35)(H,31,36)(H,32,34)(H,37,38)(H4,27,28,29). The number of carboxylic acids is 1. The Morgan fingerprint density at radius 1 is 0.949 bits per heavy atom. The molecule has 0 heterocycles. The quantitative estimate of drug-likeness (QED) is 0.0667. The van der Waals surface area contributed by atoms with Gasteiger partial charge in [0.25, 0.3) is 0 Å².